The number of nitrogens with zero attached hydrogens (tertiary/aromatic N) is 1. The molecule has 2 atom stereocenters. The molecule has 2 aliphatic rings. The van der Waals surface area contributed by atoms with E-state index in [4.69, 9.17) is 11.5 Å². The zero-order chi connectivity index (χ0) is 13.2. The molecule has 18 heavy (non-hydrogen) atoms. The van der Waals surface area contributed by atoms with Crippen molar-refractivity contribution in [2.24, 2.45) is 11.5 Å². The second-order valence-electron chi connectivity index (χ2n) is 5.51. The van der Waals surface area contributed by atoms with Gasteiger partial charge in [0.1, 0.15) is 0 Å². The number of likely N-dealkylation sites (tertiary alicyclic amines) is 1. The number of hydrogen-bond acceptors (Lipinski definition) is 5. The molecule has 1 saturated carbocycles. The predicted octanol–water partition coefficient (Wildman–Crippen LogP) is -0.927. The average Bonchev–Trinajstić information content (AvgIpc) is 2.95. The van der Waals surface area contributed by atoms with Crippen LogP contribution in [0, 0.1) is 0 Å². The van der Waals surface area contributed by atoms with Crippen molar-refractivity contribution in [3.8, 4) is 0 Å². The second kappa shape index (κ2) is 5.52. The van der Waals surface area contributed by atoms with Gasteiger partial charge in [-0.2, -0.15) is 0 Å². The van der Waals surface area contributed by atoms with Crippen LogP contribution in [0.3, 0.4) is 0 Å². The minimum atomic E-state index is -0.274. The molecule has 6 N–H and O–H groups in total. The standard InChI is InChI=1S/C12H24N4O2/c13-9-3-4-10(14)16(9)11(18)7-15-12(8-17)5-1-2-6-12/h9-10,15,17H,1-8,13-14H2/t9-,10?/m0/s1. The van der Waals surface area contributed by atoms with Gasteiger partial charge < -0.3 is 26.8 Å². The fraction of sp³-hybridized carbons (Fsp3) is 0.917. The number of nitrogens with two attached hydrogens (primary N) is 2. The summed E-state index contributed by atoms with van der Waals surface area (Å²) < 4.78 is 0. The van der Waals surface area contributed by atoms with Gasteiger partial charge in [-0.25, -0.2) is 0 Å². The van der Waals surface area contributed by atoms with Crippen molar-refractivity contribution in [1.82, 2.24) is 10.2 Å². The van der Waals surface area contributed by atoms with Crippen molar-refractivity contribution < 1.29 is 9.90 Å². The Morgan fingerprint density at radius 1 is 1.28 bits per heavy atom. The van der Waals surface area contributed by atoms with Gasteiger partial charge in [0.25, 0.3) is 0 Å². The van der Waals surface area contributed by atoms with Crippen LogP contribution in [0.4, 0.5) is 0 Å². The third kappa shape index (κ3) is 2.66. The van der Waals surface area contributed by atoms with E-state index < -0.39 is 0 Å². The zero-order valence-electron chi connectivity index (χ0n) is 10.8. The molecule has 2 rings (SSSR count). The van der Waals surface area contributed by atoms with Crippen LogP contribution in [0.2, 0.25) is 0 Å². The van der Waals surface area contributed by atoms with Crippen molar-refractivity contribution in [2.75, 3.05) is 13.2 Å². The van der Waals surface area contributed by atoms with E-state index in [9.17, 15) is 9.90 Å². The van der Waals surface area contributed by atoms with Gasteiger partial charge in [-0.1, -0.05) is 12.8 Å². The first kappa shape index (κ1) is 13.7. The summed E-state index contributed by atoms with van der Waals surface area (Å²) in [5.74, 6) is -0.0628. The molecule has 1 aliphatic carbocycles. The van der Waals surface area contributed by atoms with E-state index in [0.717, 1.165) is 38.5 Å². The van der Waals surface area contributed by atoms with Crippen LogP contribution in [-0.2, 0) is 4.79 Å². The molecule has 1 saturated heterocycles. The number of hydrogen-bond donors (Lipinski definition) is 4. The Morgan fingerprint density at radius 2 is 1.83 bits per heavy atom. The number of aliphatic hydroxyl groups excluding tert-OH is 1. The number of rotatable bonds is 4. The van der Waals surface area contributed by atoms with Crippen LogP contribution < -0.4 is 16.8 Å². The van der Waals surface area contributed by atoms with Gasteiger partial charge in [-0.3, -0.25) is 4.79 Å². The van der Waals surface area contributed by atoms with E-state index in [-0.39, 0.29) is 36.9 Å². The summed E-state index contributed by atoms with van der Waals surface area (Å²) in [5.41, 5.74) is 11.5. The fourth-order valence-corrected chi connectivity index (χ4v) is 3.03. The molecule has 6 heteroatoms. The molecular weight excluding hydrogens is 232 g/mol. The maximum atomic E-state index is 12.1. The van der Waals surface area contributed by atoms with Crippen LogP contribution in [-0.4, -0.2) is 46.9 Å². The largest absolute Gasteiger partial charge is 0.394 e. The van der Waals surface area contributed by atoms with Gasteiger partial charge in [0.05, 0.1) is 25.5 Å². The van der Waals surface area contributed by atoms with Crippen LogP contribution in [0.1, 0.15) is 38.5 Å². The lowest BCUT2D eigenvalue weighted by atomic mass is 9.99. The molecule has 1 aliphatic heterocycles. The Kier molecular flexibility index (Phi) is 4.21. The lowest BCUT2D eigenvalue weighted by molar-refractivity contribution is -0.133. The van der Waals surface area contributed by atoms with Gasteiger partial charge in [-0.05, 0) is 25.7 Å². The zero-order valence-corrected chi connectivity index (χ0v) is 10.8. The van der Waals surface area contributed by atoms with Crippen LogP contribution >= 0.6 is 0 Å². The predicted molar refractivity (Wildman–Crippen MR) is 68.3 cm³/mol. The molecule has 0 aromatic heterocycles. The Hall–Kier alpha value is -0.690. The van der Waals surface area contributed by atoms with Crippen molar-refractivity contribution in [3.63, 3.8) is 0 Å². The fourth-order valence-electron chi connectivity index (χ4n) is 3.03. The topological polar surface area (TPSA) is 105 Å². The highest BCUT2D eigenvalue weighted by atomic mass is 16.3. The van der Waals surface area contributed by atoms with E-state index >= 15 is 0 Å². The molecule has 1 heterocycles. The smallest absolute Gasteiger partial charge is 0.239 e. The number of carbonyl (C=O) groups excluding carboxylic acids is 1. The summed E-state index contributed by atoms with van der Waals surface area (Å²) in [6.07, 6.45) is 5.06. The normalized spacial score (nSPS) is 30.9. The highest BCUT2D eigenvalue weighted by Gasteiger charge is 2.36. The molecule has 0 aromatic rings. The summed E-state index contributed by atoms with van der Waals surface area (Å²) in [4.78, 5) is 13.7. The third-order valence-corrected chi connectivity index (χ3v) is 4.24. The minimum absolute atomic E-state index is 0.0628. The molecule has 1 unspecified atom stereocenters. The molecular formula is C12H24N4O2. The van der Waals surface area contributed by atoms with Crippen molar-refractivity contribution >= 4 is 5.91 Å². The first-order valence-corrected chi connectivity index (χ1v) is 6.76. The van der Waals surface area contributed by atoms with Crippen molar-refractivity contribution in [3.05, 3.63) is 0 Å². The lowest BCUT2D eigenvalue weighted by Gasteiger charge is -2.31. The van der Waals surface area contributed by atoms with E-state index in [2.05, 4.69) is 5.32 Å². The van der Waals surface area contributed by atoms with Gasteiger partial charge >= 0.3 is 0 Å². The summed E-state index contributed by atoms with van der Waals surface area (Å²) in [7, 11) is 0. The van der Waals surface area contributed by atoms with Crippen LogP contribution in [0.25, 0.3) is 0 Å². The molecule has 104 valence electrons. The molecule has 6 nitrogen and oxygen atoms in total. The Bertz CT molecular complexity index is 294. The summed E-state index contributed by atoms with van der Waals surface area (Å²) in [5, 5.41) is 12.7. The first-order chi connectivity index (χ1) is 8.58. The maximum absolute atomic E-state index is 12.1. The summed E-state index contributed by atoms with van der Waals surface area (Å²) >= 11 is 0. The van der Waals surface area contributed by atoms with Crippen molar-refractivity contribution in [1.29, 1.82) is 0 Å². The average molecular weight is 256 g/mol. The van der Waals surface area contributed by atoms with Gasteiger partial charge in [0, 0.05) is 5.54 Å². The minimum Gasteiger partial charge on any atom is -0.394 e. The SMILES string of the molecule is NC1CC[C@@H](N)N1C(=O)CNC1(CO)CCCC1. The van der Waals surface area contributed by atoms with Gasteiger partial charge in [-0.15, -0.1) is 0 Å². The van der Waals surface area contributed by atoms with Crippen molar-refractivity contribution in [2.45, 2.75) is 56.4 Å². The molecule has 0 radical (unpaired) electrons. The van der Waals surface area contributed by atoms with E-state index in [1.165, 1.54) is 0 Å². The Morgan fingerprint density at radius 3 is 2.33 bits per heavy atom. The third-order valence-electron chi connectivity index (χ3n) is 4.24. The Balaban J connectivity index is 1.87. The lowest BCUT2D eigenvalue weighted by Crippen LogP contribution is -2.55. The number of carbonyl (C=O) groups is 1. The van der Waals surface area contributed by atoms with E-state index in [1.54, 1.807) is 4.90 Å². The van der Waals surface area contributed by atoms with Gasteiger partial charge in [0.2, 0.25) is 5.91 Å². The van der Waals surface area contributed by atoms with Crippen LogP contribution in [0.5, 0.6) is 0 Å². The highest BCUT2D eigenvalue weighted by molar-refractivity contribution is 5.79. The number of aliphatic hydroxyl groups is 1. The molecule has 0 aromatic carbocycles. The Labute approximate surface area is 108 Å². The maximum Gasteiger partial charge on any atom is 0.239 e. The van der Waals surface area contributed by atoms with E-state index in [1.807, 2.05) is 0 Å². The van der Waals surface area contributed by atoms with Crippen LogP contribution in [0.15, 0.2) is 0 Å². The highest BCUT2D eigenvalue weighted by Crippen LogP contribution is 2.29. The molecule has 1 amide bonds. The molecule has 2 fully saturated rings. The summed E-state index contributed by atoms with van der Waals surface area (Å²) in [6, 6.07) is 0. The number of nitrogens with one attached hydrogen (secondary N) is 1. The molecule has 0 bridgehead atoms. The van der Waals surface area contributed by atoms with E-state index in [0.29, 0.717) is 0 Å². The first-order valence-electron chi connectivity index (χ1n) is 6.76. The molecule has 0 spiro atoms. The number of amides is 1. The monoisotopic (exact) mass is 256 g/mol. The van der Waals surface area contributed by atoms with Gasteiger partial charge in [0.15, 0.2) is 0 Å². The summed E-state index contributed by atoms with van der Waals surface area (Å²) in [6.45, 7) is 0.292. The second-order valence-corrected chi connectivity index (χ2v) is 5.51. The quantitative estimate of drug-likeness (QED) is 0.520.